The van der Waals surface area contributed by atoms with Crippen molar-refractivity contribution in [1.29, 1.82) is 0 Å². The summed E-state index contributed by atoms with van der Waals surface area (Å²) >= 11 is 17.6. The van der Waals surface area contributed by atoms with E-state index in [-0.39, 0.29) is 26.4 Å². The summed E-state index contributed by atoms with van der Waals surface area (Å²) < 4.78 is 43.3. The zero-order valence-electron chi connectivity index (χ0n) is 13.4. The molecule has 0 rings (SSSR count). The average molecular weight is 436 g/mol. The van der Waals surface area contributed by atoms with E-state index in [2.05, 4.69) is 10.2 Å². The van der Waals surface area contributed by atoms with Crippen LogP contribution in [0.5, 0.6) is 0 Å². The van der Waals surface area contributed by atoms with E-state index in [9.17, 15) is 9.13 Å². The molecule has 13 heteroatoms. The highest BCUT2D eigenvalue weighted by Crippen LogP contribution is 2.50. The van der Waals surface area contributed by atoms with Gasteiger partial charge in [0.25, 0.3) is 0 Å². The molecule has 0 aromatic heterocycles. The second-order valence-corrected chi connectivity index (χ2v) is 9.81. The highest BCUT2D eigenvalue weighted by molar-refractivity contribution is 7.52. The molecule has 0 unspecified atom stereocenters. The molecule has 0 radical (unpaired) electrons. The minimum Gasteiger partial charge on any atom is -0.297 e. The molecule has 0 aliphatic heterocycles. The predicted octanol–water partition coefficient (Wildman–Crippen LogP) is 4.22. The maximum atomic E-state index is 12.5. The Morgan fingerprint density at radius 2 is 1.04 bits per heavy atom. The third-order valence-electron chi connectivity index (χ3n) is 2.10. The van der Waals surface area contributed by atoms with Crippen LogP contribution >= 0.6 is 50.3 Å². The maximum Gasteiger partial charge on any atom is 0.406 e. The third kappa shape index (κ3) is 9.38. The molecule has 0 bridgehead atoms. The molecule has 0 atom stereocenters. The van der Waals surface area contributed by atoms with E-state index >= 15 is 0 Å². The van der Waals surface area contributed by atoms with Crippen molar-refractivity contribution in [3.63, 3.8) is 0 Å². The zero-order valence-corrected chi connectivity index (χ0v) is 17.4. The number of halogens is 3. The predicted molar refractivity (Wildman–Crippen MR) is 92.1 cm³/mol. The van der Waals surface area contributed by atoms with Crippen LogP contribution in [0.1, 0.15) is 27.7 Å². The molecule has 23 heavy (non-hydrogen) atoms. The average Bonchev–Trinajstić information content (AvgIpc) is 2.37. The van der Waals surface area contributed by atoms with E-state index in [1.807, 2.05) is 0 Å². The normalized spacial score (nSPS) is 13.7. The summed E-state index contributed by atoms with van der Waals surface area (Å²) in [5.74, 6) is 0. The van der Waals surface area contributed by atoms with Gasteiger partial charge in [-0.25, -0.2) is 19.3 Å². The Morgan fingerprint density at radius 1 is 0.783 bits per heavy atom. The minimum absolute atomic E-state index is 0.0887. The van der Waals surface area contributed by atoms with Crippen LogP contribution in [0.25, 0.3) is 0 Å². The molecular weight excluding hydrogens is 412 g/mol. The Bertz CT molecular complexity index is 385. The van der Waals surface area contributed by atoms with Crippen LogP contribution in [0.15, 0.2) is 0 Å². The Morgan fingerprint density at radius 3 is 1.22 bits per heavy atom. The van der Waals surface area contributed by atoms with Gasteiger partial charge < -0.3 is 0 Å². The monoisotopic (exact) mass is 434 g/mol. The number of rotatable bonds is 12. The lowest BCUT2D eigenvalue weighted by molar-refractivity contribution is 0.194. The van der Waals surface area contributed by atoms with Gasteiger partial charge in [0.1, 0.15) is 6.17 Å². The summed E-state index contributed by atoms with van der Waals surface area (Å²) in [5, 5.41) is 4.83. The molecule has 0 aromatic carbocycles. The molecule has 0 saturated heterocycles. The molecule has 140 valence electrons. The van der Waals surface area contributed by atoms with Crippen molar-refractivity contribution in [2.24, 2.45) is 0 Å². The van der Waals surface area contributed by atoms with E-state index in [1.54, 1.807) is 27.7 Å². The summed E-state index contributed by atoms with van der Waals surface area (Å²) in [6.07, 6.45) is -1.39. The van der Waals surface area contributed by atoms with Gasteiger partial charge in [-0.3, -0.25) is 18.1 Å². The standard InChI is InChI=1S/C10H23Cl3N2O6P2/c1-5-18-22(16,19-6-2)14-9(10(11,12)13)15-23(17,20-7-3)21-8-4/h9H,5-8H2,1-4H3,(H,14,16)(H,15,17). The molecule has 0 aliphatic carbocycles. The first-order valence-electron chi connectivity index (χ1n) is 6.96. The smallest absolute Gasteiger partial charge is 0.297 e. The van der Waals surface area contributed by atoms with E-state index in [0.717, 1.165) is 0 Å². The molecule has 0 spiro atoms. The van der Waals surface area contributed by atoms with Crippen molar-refractivity contribution < 1.29 is 27.2 Å². The van der Waals surface area contributed by atoms with Crippen molar-refractivity contribution in [2.45, 2.75) is 37.7 Å². The fourth-order valence-electron chi connectivity index (χ4n) is 1.39. The summed E-state index contributed by atoms with van der Waals surface area (Å²) in [5.41, 5.74) is 0. The molecular formula is C10H23Cl3N2O6P2. The largest absolute Gasteiger partial charge is 0.406 e. The molecule has 0 fully saturated rings. The van der Waals surface area contributed by atoms with Crippen LogP contribution in [-0.4, -0.2) is 36.4 Å². The lowest BCUT2D eigenvalue weighted by atomic mass is 10.6. The van der Waals surface area contributed by atoms with Gasteiger partial charge in [-0.05, 0) is 27.7 Å². The molecule has 0 heterocycles. The van der Waals surface area contributed by atoms with E-state index < -0.39 is 25.5 Å². The Kier molecular flexibility index (Phi) is 11.5. The van der Waals surface area contributed by atoms with E-state index in [4.69, 9.17) is 52.9 Å². The van der Waals surface area contributed by atoms with Crippen LogP contribution < -0.4 is 10.2 Å². The summed E-state index contributed by atoms with van der Waals surface area (Å²) in [6, 6.07) is 0. The van der Waals surface area contributed by atoms with E-state index in [0.29, 0.717) is 0 Å². The minimum atomic E-state index is -3.79. The van der Waals surface area contributed by atoms with Crippen molar-refractivity contribution in [1.82, 2.24) is 10.2 Å². The van der Waals surface area contributed by atoms with Crippen LogP contribution in [0.3, 0.4) is 0 Å². The van der Waals surface area contributed by atoms with Gasteiger partial charge in [0, 0.05) is 0 Å². The van der Waals surface area contributed by atoms with Crippen molar-refractivity contribution in [2.75, 3.05) is 26.4 Å². The molecule has 8 nitrogen and oxygen atoms in total. The second-order valence-electron chi connectivity index (χ2n) is 3.90. The summed E-state index contributed by atoms with van der Waals surface area (Å²) in [6.45, 7) is 6.84. The van der Waals surface area contributed by atoms with E-state index in [1.165, 1.54) is 0 Å². The molecule has 0 amide bonds. The number of nitrogens with one attached hydrogen (secondary N) is 2. The zero-order chi connectivity index (χ0) is 18.1. The van der Waals surface area contributed by atoms with Crippen LogP contribution in [0.2, 0.25) is 0 Å². The fourth-order valence-corrected chi connectivity index (χ4v) is 5.24. The lowest BCUT2D eigenvalue weighted by Gasteiger charge is -2.32. The van der Waals surface area contributed by atoms with Gasteiger partial charge >= 0.3 is 15.5 Å². The summed E-state index contributed by atoms with van der Waals surface area (Å²) in [4.78, 5) is 0. The van der Waals surface area contributed by atoms with Gasteiger partial charge in [-0.1, -0.05) is 34.8 Å². The van der Waals surface area contributed by atoms with Gasteiger partial charge in [-0.15, -0.1) is 0 Å². The van der Waals surface area contributed by atoms with Gasteiger partial charge in [0.2, 0.25) is 3.79 Å². The van der Waals surface area contributed by atoms with Gasteiger partial charge in [0.05, 0.1) is 26.4 Å². The van der Waals surface area contributed by atoms with Crippen LogP contribution in [0.4, 0.5) is 0 Å². The molecule has 0 aliphatic rings. The van der Waals surface area contributed by atoms with Crippen LogP contribution in [0, 0.1) is 0 Å². The number of hydrogen-bond donors (Lipinski definition) is 2. The molecule has 0 saturated carbocycles. The Balaban J connectivity index is 5.37. The Labute approximate surface area is 152 Å². The highest BCUT2D eigenvalue weighted by atomic mass is 35.6. The van der Waals surface area contributed by atoms with Gasteiger partial charge in [-0.2, -0.15) is 0 Å². The van der Waals surface area contributed by atoms with Gasteiger partial charge in [0.15, 0.2) is 0 Å². The second kappa shape index (κ2) is 10.9. The Hall–Kier alpha value is 1.09. The lowest BCUT2D eigenvalue weighted by Crippen LogP contribution is -2.49. The number of alkyl halides is 3. The SMILES string of the molecule is CCOP(=O)(NC(NP(=O)(OCC)OCC)C(Cl)(Cl)Cl)OCC. The first-order chi connectivity index (χ1) is 10.6. The fraction of sp³-hybridized carbons (Fsp3) is 1.00. The molecule has 0 aromatic rings. The van der Waals surface area contributed by atoms with Crippen molar-refractivity contribution in [3.8, 4) is 0 Å². The molecule has 2 N–H and O–H groups in total. The quantitative estimate of drug-likeness (QED) is 0.267. The summed E-state index contributed by atoms with van der Waals surface area (Å²) in [7, 11) is -7.59. The van der Waals surface area contributed by atoms with Crippen LogP contribution in [-0.2, 0) is 27.2 Å². The number of hydrogen-bond acceptors (Lipinski definition) is 6. The third-order valence-corrected chi connectivity index (χ3v) is 6.29. The topological polar surface area (TPSA) is 95.1 Å². The first kappa shape index (κ1) is 24.1. The first-order valence-corrected chi connectivity index (χ1v) is 11.2. The maximum absolute atomic E-state index is 12.5. The van der Waals surface area contributed by atoms with Crippen molar-refractivity contribution in [3.05, 3.63) is 0 Å². The highest BCUT2D eigenvalue weighted by Gasteiger charge is 2.43. The van der Waals surface area contributed by atoms with Crippen molar-refractivity contribution >= 4 is 50.3 Å².